The number of alkyl halides is 1. The van der Waals surface area contributed by atoms with Crippen LogP contribution in [0.5, 0.6) is 0 Å². The molecule has 0 nitrogen and oxygen atoms in total. The topological polar surface area (TPSA) is 0 Å². The summed E-state index contributed by atoms with van der Waals surface area (Å²) in [4.78, 5) is 0. The van der Waals surface area contributed by atoms with Crippen LogP contribution in [0.2, 0.25) is 5.02 Å². The van der Waals surface area contributed by atoms with Gasteiger partial charge in [0.25, 0.3) is 0 Å². The Balaban J connectivity index is 2.86. The fourth-order valence-electron chi connectivity index (χ4n) is 1.30. The van der Waals surface area contributed by atoms with E-state index in [2.05, 4.69) is 41.9 Å². The molecule has 13 heavy (non-hydrogen) atoms. The SMILES string of the molecule is Cc1cc(CC(C)(C)Br)ccc1Cl. The first kappa shape index (κ1) is 11.1. The summed E-state index contributed by atoms with van der Waals surface area (Å²) in [7, 11) is 0. The summed E-state index contributed by atoms with van der Waals surface area (Å²) in [5, 5.41) is 0.844. The lowest BCUT2D eigenvalue weighted by molar-refractivity contribution is 0.724. The number of hydrogen-bond donors (Lipinski definition) is 0. The fraction of sp³-hybridized carbons (Fsp3) is 0.455. The standard InChI is InChI=1S/C11H14BrCl/c1-8-6-9(4-5-10(8)13)7-11(2,3)12/h4-6H,7H2,1-3H3. The second-order valence-electron chi connectivity index (χ2n) is 3.98. The van der Waals surface area contributed by atoms with Crippen molar-refractivity contribution in [2.45, 2.75) is 31.5 Å². The van der Waals surface area contributed by atoms with Gasteiger partial charge in [-0.3, -0.25) is 0 Å². The van der Waals surface area contributed by atoms with Crippen molar-refractivity contribution in [2.24, 2.45) is 0 Å². The molecular weight excluding hydrogens is 247 g/mol. The molecule has 0 saturated carbocycles. The molecule has 0 saturated heterocycles. The van der Waals surface area contributed by atoms with Crippen LogP contribution in [0.3, 0.4) is 0 Å². The lowest BCUT2D eigenvalue weighted by atomic mass is 10.0. The summed E-state index contributed by atoms with van der Waals surface area (Å²) in [5.74, 6) is 0. The van der Waals surface area contributed by atoms with Crippen LogP contribution in [0.15, 0.2) is 18.2 Å². The molecule has 0 aliphatic carbocycles. The van der Waals surface area contributed by atoms with E-state index in [1.165, 1.54) is 5.56 Å². The first-order chi connectivity index (χ1) is 5.88. The van der Waals surface area contributed by atoms with Crippen LogP contribution in [0.25, 0.3) is 0 Å². The van der Waals surface area contributed by atoms with Gasteiger partial charge in [-0.05, 0) is 44.4 Å². The molecule has 0 aromatic heterocycles. The predicted octanol–water partition coefficient (Wildman–Crippen LogP) is 4.36. The van der Waals surface area contributed by atoms with Crippen molar-refractivity contribution in [2.75, 3.05) is 0 Å². The summed E-state index contributed by atoms with van der Waals surface area (Å²) in [5.41, 5.74) is 2.47. The highest BCUT2D eigenvalue weighted by Crippen LogP contribution is 2.24. The summed E-state index contributed by atoms with van der Waals surface area (Å²) in [6.07, 6.45) is 1.02. The molecule has 1 aromatic carbocycles. The minimum absolute atomic E-state index is 0.160. The predicted molar refractivity (Wildman–Crippen MR) is 62.9 cm³/mol. The quantitative estimate of drug-likeness (QED) is 0.694. The molecule has 0 aliphatic heterocycles. The van der Waals surface area contributed by atoms with Crippen LogP contribution in [-0.4, -0.2) is 4.32 Å². The highest BCUT2D eigenvalue weighted by Gasteiger charge is 2.13. The minimum atomic E-state index is 0.160. The Morgan fingerprint density at radius 1 is 1.38 bits per heavy atom. The zero-order valence-electron chi connectivity index (χ0n) is 8.20. The first-order valence-electron chi connectivity index (χ1n) is 4.32. The number of aryl methyl sites for hydroxylation is 1. The van der Waals surface area contributed by atoms with E-state index in [0.717, 1.165) is 17.0 Å². The van der Waals surface area contributed by atoms with E-state index in [0.29, 0.717) is 0 Å². The van der Waals surface area contributed by atoms with Crippen molar-refractivity contribution >= 4 is 27.5 Å². The fourth-order valence-corrected chi connectivity index (χ4v) is 1.74. The molecular formula is C11H14BrCl. The van der Waals surface area contributed by atoms with Gasteiger partial charge in [0.05, 0.1) is 0 Å². The highest BCUT2D eigenvalue weighted by molar-refractivity contribution is 9.10. The Hall–Kier alpha value is -0.0100. The molecule has 1 rings (SSSR count). The van der Waals surface area contributed by atoms with Crippen molar-refractivity contribution in [1.29, 1.82) is 0 Å². The Kier molecular flexibility index (Phi) is 3.42. The molecule has 0 aliphatic rings. The maximum Gasteiger partial charge on any atom is 0.0435 e. The first-order valence-corrected chi connectivity index (χ1v) is 5.49. The van der Waals surface area contributed by atoms with Crippen molar-refractivity contribution in [3.8, 4) is 0 Å². The molecule has 0 unspecified atom stereocenters. The molecule has 0 bridgehead atoms. The molecule has 1 aromatic rings. The number of rotatable bonds is 2. The van der Waals surface area contributed by atoms with Gasteiger partial charge in [0.1, 0.15) is 0 Å². The van der Waals surface area contributed by atoms with E-state index in [1.807, 2.05) is 13.0 Å². The summed E-state index contributed by atoms with van der Waals surface area (Å²) in [6, 6.07) is 6.19. The zero-order valence-corrected chi connectivity index (χ0v) is 10.5. The maximum atomic E-state index is 5.94. The minimum Gasteiger partial charge on any atom is -0.0856 e. The largest absolute Gasteiger partial charge is 0.0856 e. The van der Waals surface area contributed by atoms with Gasteiger partial charge < -0.3 is 0 Å². The van der Waals surface area contributed by atoms with Crippen LogP contribution < -0.4 is 0 Å². The van der Waals surface area contributed by atoms with E-state index >= 15 is 0 Å². The molecule has 0 spiro atoms. The van der Waals surface area contributed by atoms with Crippen LogP contribution in [-0.2, 0) is 6.42 Å². The Morgan fingerprint density at radius 3 is 2.46 bits per heavy atom. The van der Waals surface area contributed by atoms with Gasteiger partial charge in [0, 0.05) is 9.35 Å². The number of hydrogen-bond acceptors (Lipinski definition) is 0. The third-order valence-electron chi connectivity index (χ3n) is 1.85. The van der Waals surface area contributed by atoms with Crippen molar-refractivity contribution in [3.63, 3.8) is 0 Å². The van der Waals surface area contributed by atoms with Crippen LogP contribution in [0.1, 0.15) is 25.0 Å². The third-order valence-corrected chi connectivity index (χ3v) is 2.55. The van der Waals surface area contributed by atoms with E-state index in [9.17, 15) is 0 Å². The number of benzene rings is 1. The lowest BCUT2D eigenvalue weighted by Gasteiger charge is -2.16. The summed E-state index contributed by atoms with van der Waals surface area (Å²) < 4.78 is 0.160. The lowest BCUT2D eigenvalue weighted by Crippen LogP contribution is -2.13. The second-order valence-corrected chi connectivity index (χ2v) is 6.53. The molecule has 0 N–H and O–H groups in total. The average molecular weight is 262 g/mol. The normalized spacial score (nSPS) is 11.8. The maximum absolute atomic E-state index is 5.94. The van der Waals surface area contributed by atoms with Gasteiger partial charge in [0.15, 0.2) is 0 Å². The molecule has 2 heteroatoms. The zero-order chi connectivity index (χ0) is 10.1. The van der Waals surface area contributed by atoms with E-state index in [4.69, 9.17) is 11.6 Å². The smallest absolute Gasteiger partial charge is 0.0435 e. The van der Waals surface area contributed by atoms with Crippen LogP contribution in [0, 0.1) is 6.92 Å². The van der Waals surface area contributed by atoms with E-state index in [-0.39, 0.29) is 4.32 Å². The van der Waals surface area contributed by atoms with Crippen molar-refractivity contribution < 1.29 is 0 Å². The summed E-state index contributed by atoms with van der Waals surface area (Å²) >= 11 is 9.57. The van der Waals surface area contributed by atoms with E-state index in [1.54, 1.807) is 0 Å². The Morgan fingerprint density at radius 2 is 2.00 bits per heavy atom. The van der Waals surface area contributed by atoms with E-state index < -0.39 is 0 Å². The molecule has 0 atom stereocenters. The average Bonchev–Trinajstić information content (AvgIpc) is 1.94. The van der Waals surface area contributed by atoms with Crippen LogP contribution >= 0.6 is 27.5 Å². The molecule has 0 radical (unpaired) electrons. The third kappa shape index (κ3) is 3.70. The van der Waals surface area contributed by atoms with Crippen molar-refractivity contribution in [1.82, 2.24) is 0 Å². The van der Waals surface area contributed by atoms with Gasteiger partial charge >= 0.3 is 0 Å². The van der Waals surface area contributed by atoms with Gasteiger partial charge in [-0.2, -0.15) is 0 Å². The van der Waals surface area contributed by atoms with Crippen molar-refractivity contribution in [3.05, 3.63) is 34.3 Å². The molecule has 0 amide bonds. The Bertz CT molecular complexity index is 299. The number of halogens is 2. The monoisotopic (exact) mass is 260 g/mol. The molecule has 0 fully saturated rings. The van der Waals surface area contributed by atoms with Gasteiger partial charge in [-0.15, -0.1) is 0 Å². The van der Waals surface area contributed by atoms with Crippen LogP contribution in [0.4, 0.5) is 0 Å². The molecule has 72 valence electrons. The van der Waals surface area contributed by atoms with Gasteiger partial charge in [-0.25, -0.2) is 0 Å². The van der Waals surface area contributed by atoms with Gasteiger partial charge in [0.2, 0.25) is 0 Å². The molecule has 0 heterocycles. The highest BCUT2D eigenvalue weighted by atomic mass is 79.9. The van der Waals surface area contributed by atoms with Gasteiger partial charge in [-0.1, -0.05) is 39.7 Å². The Labute approximate surface area is 93.4 Å². The second kappa shape index (κ2) is 4.02. The summed E-state index contributed by atoms with van der Waals surface area (Å²) in [6.45, 7) is 6.36.